The van der Waals surface area contributed by atoms with E-state index in [1.165, 1.54) is 6.42 Å². The van der Waals surface area contributed by atoms with Crippen molar-refractivity contribution in [3.63, 3.8) is 0 Å². The van der Waals surface area contributed by atoms with Gasteiger partial charge in [0.15, 0.2) is 0 Å². The highest BCUT2D eigenvalue weighted by atomic mass is 19.4. The van der Waals surface area contributed by atoms with Crippen molar-refractivity contribution in [1.82, 2.24) is 10.2 Å². The molecule has 1 heterocycles. The van der Waals surface area contributed by atoms with Gasteiger partial charge in [-0.15, -0.1) is 0 Å². The van der Waals surface area contributed by atoms with Gasteiger partial charge in [0.25, 0.3) is 0 Å². The number of hydrogen-bond donors (Lipinski definition) is 1. The van der Waals surface area contributed by atoms with Crippen molar-refractivity contribution in [2.45, 2.75) is 39.4 Å². The SMILES string of the molecule is CC1CC(C)CN(C(C)CNCC(F)(F)F)C1. The first kappa shape index (κ1) is 14.8. The maximum atomic E-state index is 12.0. The number of halogens is 3. The van der Waals surface area contributed by atoms with E-state index in [1.807, 2.05) is 6.92 Å². The summed E-state index contributed by atoms with van der Waals surface area (Å²) in [7, 11) is 0. The highest BCUT2D eigenvalue weighted by Gasteiger charge is 2.28. The summed E-state index contributed by atoms with van der Waals surface area (Å²) in [5.74, 6) is 1.28. The highest BCUT2D eigenvalue weighted by Crippen LogP contribution is 2.22. The molecule has 0 saturated carbocycles. The van der Waals surface area contributed by atoms with Crippen LogP contribution in [0.2, 0.25) is 0 Å². The fourth-order valence-corrected chi connectivity index (χ4v) is 2.62. The fraction of sp³-hybridized carbons (Fsp3) is 1.00. The molecular weight excluding hydrogens is 229 g/mol. The Morgan fingerprint density at radius 3 is 2.24 bits per heavy atom. The van der Waals surface area contributed by atoms with Gasteiger partial charge >= 0.3 is 6.18 Å². The lowest BCUT2D eigenvalue weighted by Crippen LogP contribution is -2.48. The third kappa shape index (κ3) is 5.73. The summed E-state index contributed by atoms with van der Waals surface area (Å²) in [5, 5.41) is 2.49. The zero-order valence-electron chi connectivity index (χ0n) is 10.8. The van der Waals surface area contributed by atoms with Crippen LogP contribution in [-0.4, -0.2) is 43.3 Å². The van der Waals surface area contributed by atoms with E-state index in [0.29, 0.717) is 18.4 Å². The lowest BCUT2D eigenvalue weighted by molar-refractivity contribution is -0.125. The average Bonchev–Trinajstić information content (AvgIpc) is 2.13. The monoisotopic (exact) mass is 252 g/mol. The Morgan fingerprint density at radius 1 is 1.24 bits per heavy atom. The molecule has 0 spiro atoms. The van der Waals surface area contributed by atoms with Crippen molar-refractivity contribution >= 4 is 0 Å². The zero-order chi connectivity index (χ0) is 13.1. The molecule has 17 heavy (non-hydrogen) atoms. The van der Waals surface area contributed by atoms with E-state index >= 15 is 0 Å². The Hall–Kier alpha value is -0.290. The molecule has 0 aromatic rings. The summed E-state index contributed by atoms with van der Waals surface area (Å²) in [6.07, 6.45) is -2.89. The van der Waals surface area contributed by atoms with E-state index in [4.69, 9.17) is 0 Å². The average molecular weight is 252 g/mol. The summed E-state index contributed by atoms with van der Waals surface area (Å²) < 4.78 is 36.0. The summed E-state index contributed by atoms with van der Waals surface area (Å²) in [4.78, 5) is 2.29. The van der Waals surface area contributed by atoms with Crippen LogP contribution in [-0.2, 0) is 0 Å². The predicted molar refractivity (Wildman–Crippen MR) is 62.9 cm³/mol. The van der Waals surface area contributed by atoms with E-state index in [0.717, 1.165) is 13.1 Å². The Labute approximate surface area is 102 Å². The van der Waals surface area contributed by atoms with Crippen LogP contribution in [0.15, 0.2) is 0 Å². The van der Waals surface area contributed by atoms with Gasteiger partial charge < -0.3 is 5.32 Å². The maximum absolute atomic E-state index is 12.0. The lowest BCUT2D eigenvalue weighted by Gasteiger charge is -2.39. The van der Waals surface area contributed by atoms with Crippen LogP contribution >= 0.6 is 0 Å². The Bertz CT molecular complexity index is 220. The first-order valence-electron chi connectivity index (χ1n) is 6.29. The first-order valence-corrected chi connectivity index (χ1v) is 6.29. The number of hydrogen-bond acceptors (Lipinski definition) is 2. The van der Waals surface area contributed by atoms with Gasteiger partial charge in [-0.3, -0.25) is 4.90 Å². The molecule has 1 saturated heterocycles. The first-order chi connectivity index (χ1) is 7.78. The molecule has 0 aliphatic carbocycles. The van der Waals surface area contributed by atoms with Crippen molar-refractivity contribution in [3.05, 3.63) is 0 Å². The van der Waals surface area contributed by atoms with Crippen molar-refractivity contribution in [2.75, 3.05) is 26.2 Å². The number of nitrogens with zero attached hydrogens (tertiary/aromatic N) is 1. The van der Waals surface area contributed by atoms with Gasteiger partial charge in [-0.05, 0) is 25.2 Å². The molecule has 5 heteroatoms. The van der Waals surface area contributed by atoms with Gasteiger partial charge in [-0.2, -0.15) is 13.2 Å². The molecule has 102 valence electrons. The number of nitrogens with one attached hydrogen (secondary N) is 1. The molecular formula is C12H23F3N2. The standard InChI is InChI=1S/C12H23F3N2/c1-9-4-10(2)7-17(6-9)11(3)5-16-8-12(13,14)15/h9-11,16H,4-8H2,1-3H3. The van der Waals surface area contributed by atoms with Crippen LogP contribution in [0.3, 0.4) is 0 Å². The number of piperidine rings is 1. The van der Waals surface area contributed by atoms with Gasteiger partial charge in [0, 0.05) is 25.7 Å². The number of likely N-dealkylation sites (tertiary alicyclic amines) is 1. The lowest BCUT2D eigenvalue weighted by atomic mass is 9.91. The molecule has 0 radical (unpaired) electrons. The van der Waals surface area contributed by atoms with Crippen molar-refractivity contribution < 1.29 is 13.2 Å². The van der Waals surface area contributed by atoms with E-state index in [-0.39, 0.29) is 6.04 Å². The molecule has 1 N–H and O–H groups in total. The molecule has 1 fully saturated rings. The van der Waals surface area contributed by atoms with Crippen LogP contribution in [0.4, 0.5) is 13.2 Å². The zero-order valence-corrected chi connectivity index (χ0v) is 10.8. The summed E-state index contributed by atoms with van der Waals surface area (Å²) >= 11 is 0. The molecule has 0 amide bonds. The van der Waals surface area contributed by atoms with E-state index in [2.05, 4.69) is 24.1 Å². The molecule has 1 rings (SSSR count). The topological polar surface area (TPSA) is 15.3 Å². The summed E-state index contributed by atoms with van der Waals surface area (Å²) in [6.45, 7) is 7.92. The van der Waals surface area contributed by atoms with Crippen molar-refractivity contribution in [3.8, 4) is 0 Å². The van der Waals surface area contributed by atoms with Gasteiger partial charge in [-0.25, -0.2) is 0 Å². The highest BCUT2D eigenvalue weighted by molar-refractivity contribution is 4.79. The molecule has 3 atom stereocenters. The maximum Gasteiger partial charge on any atom is 0.401 e. The van der Waals surface area contributed by atoms with E-state index < -0.39 is 12.7 Å². The minimum atomic E-state index is -4.11. The smallest absolute Gasteiger partial charge is 0.307 e. The Morgan fingerprint density at radius 2 is 1.76 bits per heavy atom. The molecule has 0 bridgehead atoms. The molecule has 1 aliphatic heterocycles. The number of alkyl halides is 3. The minimum Gasteiger partial charge on any atom is -0.307 e. The molecule has 0 aromatic carbocycles. The second-order valence-corrected chi connectivity index (χ2v) is 5.50. The Balaban J connectivity index is 2.29. The van der Waals surface area contributed by atoms with E-state index in [1.54, 1.807) is 0 Å². The van der Waals surface area contributed by atoms with Crippen LogP contribution in [0.25, 0.3) is 0 Å². The van der Waals surface area contributed by atoms with Gasteiger partial charge in [0.05, 0.1) is 6.54 Å². The van der Waals surface area contributed by atoms with Gasteiger partial charge in [0.2, 0.25) is 0 Å². The van der Waals surface area contributed by atoms with Gasteiger partial charge in [0.1, 0.15) is 0 Å². The normalized spacial score (nSPS) is 29.3. The van der Waals surface area contributed by atoms with Crippen LogP contribution in [0.1, 0.15) is 27.2 Å². The quantitative estimate of drug-likeness (QED) is 0.827. The molecule has 1 aliphatic rings. The van der Waals surface area contributed by atoms with Crippen LogP contribution in [0, 0.1) is 11.8 Å². The minimum absolute atomic E-state index is 0.169. The third-order valence-corrected chi connectivity index (χ3v) is 3.29. The summed E-state index contributed by atoms with van der Waals surface area (Å²) in [5.41, 5.74) is 0. The fourth-order valence-electron chi connectivity index (χ4n) is 2.62. The van der Waals surface area contributed by atoms with Gasteiger partial charge in [-0.1, -0.05) is 13.8 Å². The largest absolute Gasteiger partial charge is 0.401 e. The van der Waals surface area contributed by atoms with Crippen LogP contribution < -0.4 is 5.32 Å². The third-order valence-electron chi connectivity index (χ3n) is 3.29. The van der Waals surface area contributed by atoms with E-state index in [9.17, 15) is 13.2 Å². The summed E-state index contributed by atoms with van der Waals surface area (Å²) in [6, 6.07) is 0.169. The Kier molecular flexibility index (Phi) is 5.25. The predicted octanol–water partition coefficient (Wildman–Crippen LogP) is 2.50. The second kappa shape index (κ2) is 6.05. The molecule has 3 unspecified atom stereocenters. The molecule has 0 aromatic heterocycles. The van der Waals surface area contributed by atoms with Crippen LogP contribution in [0.5, 0.6) is 0 Å². The molecule has 2 nitrogen and oxygen atoms in total. The number of rotatable bonds is 4. The van der Waals surface area contributed by atoms with Crippen molar-refractivity contribution in [1.29, 1.82) is 0 Å². The van der Waals surface area contributed by atoms with Crippen molar-refractivity contribution in [2.24, 2.45) is 11.8 Å². The second-order valence-electron chi connectivity index (χ2n) is 5.50.